The lowest BCUT2D eigenvalue weighted by Gasteiger charge is -2.31. The van der Waals surface area contributed by atoms with Gasteiger partial charge >= 0.3 is 0 Å². The number of nitrogens with one attached hydrogen (secondary N) is 2. The number of carbonyl (C=O) groups is 1. The van der Waals surface area contributed by atoms with Gasteiger partial charge in [0.15, 0.2) is 0 Å². The van der Waals surface area contributed by atoms with Crippen LogP contribution in [0.25, 0.3) is 0 Å². The standard InChI is InChI=1S/C23H33N3O3/c1-23(2,3)21-13-19(26-29-21)11-18-14-24-10-9-16(18)12-22(27)25-15-17-7-5-6-8-20(17)28-4/h5-8,13,16,18,24H,9-12,14-15H2,1-4H3,(H,25,27). The molecule has 2 unspecified atom stereocenters. The van der Waals surface area contributed by atoms with Crippen LogP contribution in [-0.4, -0.2) is 31.3 Å². The molecule has 2 atom stereocenters. The van der Waals surface area contributed by atoms with Gasteiger partial charge in [-0.15, -0.1) is 0 Å². The van der Waals surface area contributed by atoms with Crippen LogP contribution in [0.15, 0.2) is 34.9 Å². The highest BCUT2D eigenvalue weighted by Crippen LogP contribution is 2.28. The molecule has 0 spiro atoms. The molecule has 0 saturated carbocycles. The first-order chi connectivity index (χ1) is 13.9. The molecule has 1 saturated heterocycles. The molecule has 2 heterocycles. The minimum atomic E-state index is -0.0478. The van der Waals surface area contributed by atoms with E-state index in [1.54, 1.807) is 7.11 Å². The van der Waals surface area contributed by atoms with Gasteiger partial charge in [0.25, 0.3) is 0 Å². The highest BCUT2D eigenvalue weighted by molar-refractivity contribution is 5.76. The lowest BCUT2D eigenvalue weighted by molar-refractivity contribution is -0.122. The molecule has 1 aromatic heterocycles. The molecule has 0 aliphatic carbocycles. The van der Waals surface area contributed by atoms with Gasteiger partial charge in [-0.3, -0.25) is 4.79 Å². The molecule has 1 fully saturated rings. The second-order valence-electron chi connectivity index (χ2n) is 8.94. The monoisotopic (exact) mass is 399 g/mol. The fourth-order valence-electron chi connectivity index (χ4n) is 3.87. The summed E-state index contributed by atoms with van der Waals surface area (Å²) < 4.78 is 10.9. The van der Waals surface area contributed by atoms with Gasteiger partial charge in [-0.05, 0) is 43.8 Å². The summed E-state index contributed by atoms with van der Waals surface area (Å²) in [7, 11) is 1.65. The Morgan fingerprint density at radius 3 is 2.83 bits per heavy atom. The molecule has 29 heavy (non-hydrogen) atoms. The van der Waals surface area contributed by atoms with Crippen molar-refractivity contribution in [3.63, 3.8) is 0 Å². The topological polar surface area (TPSA) is 76.4 Å². The van der Waals surface area contributed by atoms with Crippen molar-refractivity contribution in [2.45, 2.75) is 52.0 Å². The van der Waals surface area contributed by atoms with E-state index in [-0.39, 0.29) is 11.3 Å². The minimum absolute atomic E-state index is 0.0478. The third-order valence-corrected chi connectivity index (χ3v) is 5.65. The first kappa shape index (κ1) is 21.4. The molecular formula is C23H33N3O3. The van der Waals surface area contributed by atoms with Gasteiger partial charge in [-0.2, -0.15) is 0 Å². The smallest absolute Gasteiger partial charge is 0.220 e. The van der Waals surface area contributed by atoms with Gasteiger partial charge in [-0.1, -0.05) is 44.1 Å². The lowest BCUT2D eigenvalue weighted by Crippen LogP contribution is -2.40. The SMILES string of the molecule is COc1ccccc1CNC(=O)CC1CCNCC1Cc1cc(C(C)(C)C)on1. The number of ether oxygens (including phenoxy) is 1. The molecule has 0 radical (unpaired) electrons. The highest BCUT2D eigenvalue weighted by atomic mass is 16.5. The van der Waals surface area contributed by atoms with E-state index in [9.17, 15) is 4.79 Å². The Hall–Kier alpha value is -2.34. The Bertz CT molecular complexity index is 810. The number of benzene rings is 1. The van der Waals surface area contributed by atoms with E-state index in [1.807, 2.05) is 24.3 Å². The van der Waals surface area contributed by atoms with Crippen molar-refractivity contribution in [3.05, 3.63) is 47.3 Å². The number of nitrogens with zero attached hydrogens (tertiary/aromatic N) is 1. The minimum Gasteiger partial charge on any atom is -0.496 e. The van der Waals surface area contributed by atoms with E-state index >= 15 is 0 Å². The number of amides is 1. The molecule has 0 bridgehead atoms. The maximum atomic E-state index is 12.6. The summed E-state index contributed by atoms with van der Waals surface area (Å²) >= 11 is 0. The van der Waals surface area contributed by atoms with Crippen molar-refractivity contribution in [1.29, 1.82) is 0 Å². The number of rotatable bonds is 7. The molecule has 158 valence electrons. The van der Waals surface area contributed by atoms with Crippen LogP contribution in [0, 0.1) is 11.8 Å². The first-order valence-corrected chi connectivity index (χ1v) is 10.4. The number of hydrogen-bond donors (Lipinski definition) is 2. The van der Waals surface area contributed by atoms with E-state index in [2.05, 4.69) is 42.6 Å². The third-order valence-electron chi connectivity index (χ3n) is 5.65. The van der Waals surface area contributed by atoms with Crippen molar-refractivity contribution in [2.75, 3.05) is 20.2 Å². The van der Waals surface area contributed by atoms with Crippen LogP contribution >= 0.6 is 0 Å². The summed E-state index contributed by atoms with van der Waals surface area (Å²) in [5.41, 5.74) is 1.92. The van der Waals surface area contributed by atoms with E-state index in [1.165, 1.54) is 0 Å². The fraction of sp³-hybridized carbons (Fsp3) is 0.565. The van der Waals surface area contributed by atoms with Crippen LogP contribution in [0.2, 0.25) is 0 Å². The highest BCUT2D eigenvalue weighted by Gasteiger charge is 2.29. The number of hydrogen-bond acceptors (Lipinski definition) is 5. The number of para-hydroxylation sites is 1. The number of aromatic nitrogens is 1. The van der Waals surface area contributed by atoms with Crippen molar-refractivity contribution >= 4 is 5.91 Å². The van der Waals surface area contributed by atoms with E-state index < -0.39 is 0 Å². The Kier molecular flexibility index (Phi) is 6.96. The summed E-state index contributed by atoms with van der Waals surface area (Å²) in [6, 6.07) is 9.83. The van der Waals surface area contributed by atoms with Gasteiger partial charge in [0, 0.05) is 30.0 Å². The molecule has 6 heteroatoms. The quantitative estimate of drug-likeness (QED) is 0.746. The molecule has 1 amide bonds. The Morgan fingerprint density at radius 2 is 2.10 bits per heavy atom. The third kappa shape index (κ3) is 5.82. The van der Waals surface area contributed by atoms with Crippen LogP contribution in [-0.2, 0) is 23.2 Å². The Balaban J connectivity index is 1.56. The summed E-state index contributed by atoms with van der Waals surface area (Å²) in [4.78, 5) is 12.6. The molecule has 2 N–H and O–H groups in total. The molecular weight excluding hydrogens is 366 g/mol. The van der Waals surface area contributed by atoms with Gasteiger partial charge in [-0.25, -0.2) is 0 Å². The normalized spacial score (nSPS) is 19.7. The van der Waals surface area contributed by atoms with Crippen molar-refractivity contribution in [3.8, 4) is 5.75 Å². The van der Waals surface area contributed by atoms with Crippen LogP contribution in [0.4, 0.5) is 0 Å². The zero-order valence-corrected chi connectivity index (χ0v) is 18.0. The molecule has 6 nitrogen and oxygen atoms in total. The fourth-order valence-corrected chi connectivity index (χ4v) is 3.87. The number of methoxy groups -OCH3 is 1. The lowest BCUT2D eigenvalue weighted by atomic mass is 9.81. The van der Waals surface area contributed by atoms with Gasteiger partial charge in [0.1, 0.15) is 11.5 Å². The van der Waals surface area contributed by atoms with Crippen molar-refractivity contribution < 1.29 is 14.1 Å². The average molecular weight is 400 g/mol. The number of carbonyl (C=O) groups excluding carboxylic acids is 1. The second-order valence-corrected chi connectivity index (χ2v) is 8.94. The van der Waals surface area contributed by atoms with E-state index in [0.29, 0.717) is 24.8 Å². The summed E-state index contributed by atoms with van der Waals surface area (Å²) in [6.45, 7) is 8.70. The van der Waals surface area contributed by atoms with Crippen LogP contribution in [0.3, 0.4) is 0 Å². The largest absolute Gasteiger partial charge is 0.496 e. The van der Waals surface area contributed by atoms with Crippen LogP contribution in [0.5, 0.6) is 5.75 Å². The summed E-state index contributed by atoms with van der Waals surface area (Å²) in [5.74, 6) is 2.50. The Morgan fingerprint density at radius 1 is 1.31 bits per heavy atom. The Labute approximate surface area is 173 Å². The zero-order valence-electron chi connectivity index (χ0n) is 18.0. The van der Waals surface area contributed by atoms with Crippen molar-refractivity contribution in [2.24, 2.45) is 11.8 Å². The van der Waals surface area contributed by atoms with Crippen molar-refractivity contribution in [1.82, 2.24) is 15.8 Å². The average Bonchev–Trinajstić information content (AvgIpc) is 3.17. The van der Waals surface area contributed by atoms with Crippen LogP contribution in [0.1, 0.15) is 50.6 Å². The maximum absolute atomic E-state index is 12.6. The molecule has 2 aromatic rings. The molecule has 3 rings (SSSR count). The maximum Gasteiger partial charge on any atom is 0.220 e. The van der Waals surface area contributed by atoms with Gasteiger partial charge in [0.2, 0.25) is 5.91 Å². The first-order valence-electron chi connectivity index (χ1n) is 10.4. The van der Waals surface area contributed by atoms with Gasteiger partial charge in [0.05, 0.1) is 12.8 Å². The number of piperidine rings is 1. The second kappa shape index (κ2) is 9.44. The van der Waals surface area contributed by atoms with Gasteiger partial charge < -0.3 is 19.9 Å². The predicted molar refractivity (Wildman–Crippen MR) is 113 cm³/mol. The summed E-state index contributed by atoms with van der Waals surface area (Å²) in [6.07, 6.45) is 2.36. The summed E-state index contributed by atoms with van der Waals surface area (Å²) in [5, 5.41) is 10.8. The molecule has 1 aliphatic rings. The predicted octanol–water partition coefficient (Wildman–Crippen LogP) is 3.46. The van der Waals surface area contributed by atoms with Crippen LogP contribution < -0.4 is 15.4 Å². The van der Waals surface area contributed by atoms with E-state index in [4.69, 9.17) is 9.26 Å². The molecule has 1 aromatic carbocycles. The van der Waals surface area contributed by atoms with E-state index in [0.717, 1.165) is 48.7 Å². The molecule has 1 aliphatic heterocycles. The zero-order chi connectivity index (χ0) is 20.9.